The summed E-state index contributed by atoms with van der Waals surface area (Å²) in [5.74, 6) is 1.46. The summed E-state index contributed by atoms with van der Waals surface area (Å²) in [7, 11) is 1.87. The van der Waals surface area contributed by atoms with Crippen molar-refractivity contribution in [2.75, 3.05) is 26.7 Å². The maximum absolute atomic E-state index is 12.4. The van der Waals surface area contributed by atoms with E-state index in [0.717, 1.165) is 26.1 Å². The van der Waals surface area contributed by atoms with Crippen molar-refractivity contribution in [3.05, 3.63) is 23.7 Å². The molecule has 1 amide bonds. The Bertz CT molecular complexity index is 458. The van der Waals surface area contributed by atoms with Crippen molar-refractivity contribution in [1.29, 1.82) is 0 Å². The minimum atomic E-state index is -0.0495. The molecule has 2 rings (SSSR count). The molecule has 2 N–H and O–H groups in total. The molecular formula is C15H25N3O2. The van der Waals surface area contributed by atoms with Gasteiger partial charge in [-0.1, -0.05) is 13.8 Å². The van der Waals surface area contributed by atoms with Gasteiger partial charge in [-0.05, 0) is 31.0 Å². The number of hydrogen-bond acceptors (Lipinski definition) is 4. The van der Waals surface area contributed by atoms with Crippen LogP contribution in [0, 0.1) is 5.92 Å². The Labute approximate surface area is 120 Å². The Balaban J connectivity index is 2.03. The van der Waals surface area contributed by atoms with Crippen molar-refractivity contribution < 1.29 is 9.21 Å². The lowest BCUT2D eigenvalue weighted by Crippen LogP contribution is -2.50. The number of rotatable bonds is 4. The minimum absolute atomic E-state index is 0.0495. The summed E-state index contributed by atoms with van der Waals surface area (Å²) in [5.41, 5.74) is 5.51. The summed E-state index contributed by atoms with van der Waals surface area (Å²) >= 11 is 0. The van der Waals surface area contributed by atoms with Gasteiger partial charge in [-0.2, -0.15) is 0 Å². The molecule has 1 aromatic heterocycles. The molecule has 0 bridgehead atoms. The van der Waals surface area contributed by atoms with Crippen molar-refractivity contribution in [2.45, 2.75) is 32.9 Å². The van der Waals surface area contributed by atoms with E-state index in [1.54, 1.807) is 12.1 Å². The fraction of sp³-hybridized carbons (Fsp3) is 0.667. The average Bonchev–Trinajstić information content (AvgIpc) is 2.94. The highest BCUT2D eigenvalue weighted by atomic mass is 16.4. The topological polar surface area (TPSA) is 62.7 Å². The number of likely N-dealkylation sites (tertiary alicyclic amines) is 1. The number of amides is 1. The van der Waals surface area contributed by atoms with Crippen LogP contribution in [0.5, 0.6) is 0 Å². The van der Waals surface area contributed by atoms with E-state index < -0.39 is 0 Å². The zero-order valence-electron chi connectivity index (χ0n) is 12.6. The first-order valence-electron chi connectivity index (χ1n) is 7.35. The van der Waals surface area contributed by atoms with Gasteiger partial charge in [0.05, 0.1) is 6.54 Å². The van der Waals surface area contributed by atoms with Gasteiger partial charge in [0.2, 0.25) is 0 Å². The second kappa shape index (κ2) is 6.41. The second-order valence-corrected chi connectivity index (χ2v) is 5.61. The molecule has 112 valence electrons. The van der Waals surface area contributed by atoms with E-state index in [-0.39, 0.29) is 11.9 Å². The molecule has 2 atom stereocenters. The largest absolute Gasteiger partial charge is 0.455 e. The maximum atomic E-state index is 12.4. The lowest BCUT2D eigenvalue weighted by Gasteiger charge is -2.40. The molecule has 1 aliphatic rings. The van der Waals surface area contributed by atoms with Crippen LogP contribution in [0.1, 0.15) is 36.6 Å². The van der Waals surface area contributed by atoms with E-state index in [4.69, 9.17) is 10.2 Å². The van der Waals surface area contributed by atoms with Gasteiger partial charge in [-0.3, -0.25) is 4.79 Å². The average molecular weight is 279 g/mol. The second-order valence-electron chi connectivity index (χ2n) is 5.61. The molecule has 1 saturated heterocycles. The van der Waals surface area contributed by atoms with Gasteiger partial charge in [0.1, 0.15) is 5.76 Å². The summed E-state index contributed by atoms with van der Waals surface area (Å²) in [6, 6.07) is 3.76. The van der Waals surface area contributed by atoms with Gasteiger partial charge < -0.3 is 20.0 Å². The van der Waals surface area contributed by atoms with Crippen LogP contribution in [0.4, 0.5) is 0 Å². The fourth-order valence-corrected chi connectivity index (χ4v) is 3.01. The molecule has 2 unspecified atom stereocenters. The predicted molar refractivity (Wildman–Crippen MR) is 78.4 cm³/mol. The van der Waals surface area contributed by atoms with E-state index >= 15 is 0 Å². The van der Waals surface area contributed by atoms with Gasteiger partial charge in [0.15, 0.2) is 5.76 Å². The Hall–Kier alpha value is -1.33. The molecular weight excluding hydrogens is 254 g/mol. The molecule has 0 aromatic carbocycles. The number of nitrogens with two attached hydrogens (primary N) is 1. The molecule has 1 aliphatic heterocycles. The zero-order chi connectivity index (χ0) is 14.7. The Morgan fingerprint density at radius 2 is 2.30 bits per heavy atom. The van der Waals surface area contributed by atoms with Crippen molar-refractivity contribution in [3.8, 4) is 0 Å². The number of carbonyl (C=O) groups excluding carboxylic acids is 1. The van der Waals surface area contributed by atoms with Gasteiger partial charge in [0.25, 0.3) is 5.91 Å². The molecule has 0 aliphatic carbocycles. The monoisotopic (exact) mass is 279 g/mol. The van der Waals surface area contributed by atoms with E-state index in [2.05, 4.69) is 18.7 Å². The van der Waals surface area contributed by atoms with Gasteiger partial charge in [-0.25, -0.2) is 0 Å². The molecule has 0 radical (unpaired) electrons. The van der Waals surface area contributed by atoms with E-state index in [1.165, 1.54) is 0 Å². The van der Waals surface area contributed by atoms with Crippen LogP contribution < -0.4 is 5.73 Å². The van der Waals surface area contributed by atoms with Crippen molar-refractivity contribution in [3.63, 3.8) is 0 Å². The summed E-state index contributed by atoms with van der Waals surface area (Å²) < 4.78 is 5.46. The number of carbonyl (C=O) groups is 1. The lowest BCUT2D eigenvalue weighted by molar-refractivity contribution is 0.0492. The van der Waals surface area contributed by atoms with Crippen molar-refractivity contribution in [2.24, 2.45) is 11.7 Å². The van der Waals surface area contributed by atoms with E-state index in [0.29, 0.717) is 24.0 Å². The zero-order valence-corrected chi connectivity index (χ0v) is 12.6. The van der Waals surface area contributed by atoms with Crippen molar-refractivity contribution >= 4 is 5.91 Å². The van der Waals surface area contributed by atoms with E-state index in [9.17, 15) is 4.79 Å². The lowest BCUT2D eigenvalue weighted by atomic mass is 9.92. The predicted octanol–water partition coefficient (Wildman–Crippen LogP) is 1.54. The van der Waals surface area contributed by atoms with E-state index in [1.807, 2.05) is 11.9 Å². The van der Waals surface area contributed by atoms with Gasteiger partial charge in [0, 0.05) is 26.2 Å². The third kappa shape index (κ3) is 3.04. The minimum Gasteiger partial charge on any atom is -0.455 e. The first-order chi connectivity index (χ1) is 9.56. The van der Waals surface area contributed by atoms with Crippen LogP contribution in [0.25, 0.3) is 0 Å². The first kappa shape index (κ1) is 15.1. The normalized spacial score (nSPS) is 23.8. The van der Waals surface area contributed by atoms with Crippen LogP contribution >= 0.6 is 0 Å². The molecule has 1 fully saturated rings. The van der Waals surface area contributed by atoms with Gasteiger partial charge >= 0.3 is 0 Å². The van der Waals surface area contributed by atoms with Crippen LogP contribution in [0.15, 0.2) is 16.5 Å². The highest BCUT2D eigenvalue weighted by molar-refractivity contribution is 5.91. The summed E-state index contributed by atoms with van der Waals surface area (Å²) in [6.45, 7) is 7.89. The highest BCUT2D eigenvalue weighted by Crippen LogP contribution is 2.23. The summed E-state index contributed by atoms with van der Waals surface area (Å²) in [4.78, 5) is 16.7. The third-order valence-electron chi connectivity index (χ3n) is 4.28. The number of nitrogens with zero attached hydrogens (tertiary/aromatic N) is 2. The third-order valence-corrected chi connectivity index (χ3v) is 4.28. The molecule has 2 heterocycles. The fourth-order valence-electron chi connectivity index (χ4n) is 3.01. The molecule has 0 saturated carbocycles. The summed E-state index contributed by atoms with van der Waals surface area (Å²) in [5, 5.41) is 0. The van der Waals surface area contributed by atoms with Crippen LogP contribution in [-0.4, -0.2) is 48.4 Å². The van der Waals surface area contributed by atoms with Crippen molar-refractivity contribution in [1.82, 2.24) is 9.80 Å². The number of hydrogen-bond donors (Lipinski definition) is 1. The Morgan fingerprint density at radius 1 is 1.55 bits per heavy atom. The SMILES string of the molecule is CCN1CCC(N(C)C(=O)c2ccc(CN)o2)C(C)C1. The highest BCUT2D eigenvalue weighted by Gasteiger charge is 2.31. The molecule has 1 aromatic rings. The maximum Gasteiger partial charge on any atom is 0.289 e. The van der Waals surface area contributed by atoms with Crippen LogP contribution in [-0.2, 0) is 6.54 Å². The number of piperidine rings is 1. The Morgan fingerprint density at radius 3 is 2.85 bits per heavy atom. The Kier molecular flexibility index (Phi) is 4.83. The molecule has 20 heavy (non-hydrogen) atoms. The molecule has 5 nitrogen and oxygen atoms in total. The molecule has 0 spiro atoms. The van der Waals surface area contributed by atoms with Gasteiger partial charge in [-0.15, -0.1) is 0 Å². The standard InChI is InChI=1S/C15H25N3O2/c1-4-18-8-7-13(11(2)10-18)17(3)15(19)14-6-5-12(9-16)20-14/h5-6,11,13H,4,7-10,16H2,1-3H3. The van der Waals surface area contributed by atoms with Crippen LogP contribution in [0.2, 0.25) is 0 Å². The molecule has 5 heteroatoms. The first-order valence-corrected chi connectivity index (χ1v) is 7.35. The quantitative estimate of drug-likeness (QED) is 0.908. The number of furan rings is 1. The van der Waals surface area contributed by atoms with Crippen LogP contribution in [0.3, 0.4) is 0 Å². The smallest absolute Gasteiger partial charge is 0.289 e. The summed E-state index contributed by atoms with van der Waals surface area (Å²) in [6.07, 6.45) is 1.02.